The number of amides is 1. The Labute approximate surface area is 181 Å². The van der Waals surface area contributed by atoms with E-state index < -0.39 is 0 Å². The number of carbonyl (C=O) groups is 1. The largest absolute Gasteiger partial charge is 0.490 e. The van der Waals surface area contributed by atoms with Crippen molar-refractivity contribution in [2.45, 2.75) is 39.8 Å². The summed E-state index contributed by atoms with van der Waals surface area (Å²) in [4.78, 5) is 30.3. The van der Waals surface area contributed by atoms with Gasteiger partial charge in [-0.25, -0.2) is 4.98 Å². The van der Waals surface area contributed by atoms with E-state index in [0.717, 1.165) is 17.7 Å². The summed E-state index contributed by atoms with van der Waals surface area (Å²) in [5.41, 5.74) is 1.36. The Morgan fingerprint density at radius 2 is 1.87 bits per heavy atom. The van der Waals surface area contributed by atoms with Crippen molar-refractivity contribution < 1.29 is 14.3 Å². The zero-order valence-electron chi connectivity index (χ0n) is 18.1. The molecule has 1 aliphatic rings. The second-order valence-corrected chi connectivity index (χ2v) is 8.11. The fraction of sp³-hybridized carbons (Fsp3) is 0.375. The van der Waals surface area contributed by atoms with Gasteiger partial charge in [0.1, 0.15) is 12.4 Å². The van der Waals surface area contributed by atoms with Gasteiger partial charge in [0.2, 0.25) is 5.91 Å². The molecule has 1 amide bonds. The quantitative estimate of drug-likeness (QED) is 0.683. The number of benzene rings is 2. The third-order valence-electron chi connectivity index (χ3n) is 5.47. The summed E-state index contributed by atoms with van der Waals surface area (Å²) >= 11 is 0. The first-order valence-electron chi connectivity index (χ1n) is 10.6. The lowest BCUT2D eigenvalue weighted by Crippen LogP contribution is -2.37. The molecule has 1 atom stereocenters. The van der Waals surface area contributed by atoms with E-state index in [-0.39, 0.29) is 30.0 Å². The fourth-order valence-corrected chi connectivity index (χ4v) is 3.84. The van der Waals surface area contributed by atoms with Gasteiger partial charge in [0.25, 0.3) is 5.56 Å². The Hall–Kier alpha value is -3.35. The van der Waals surface area contributed by atoms with Gasteiger partial charge in [0, 0.05) is 6.42 Å². The van der Waals surface area contributed by atoms with Crippen LogP contribution in [0.15, 0.2) is 47.3 Å². The summed E-state index contributed by atoms with van der Waals surface area (Å²) in [6.45, 7) is 6.98. The average molecular weight is 421 g/mol. The molecule has 0 saturated carbocycles. The number of nitrogens with zero attached hydrogens (tertiary/aromatic N) is 2. The van der Waals surface area contributed by atoms with Gasteiger partial charge in [0.15, 0.2) is 11.5 Å². The van der Waals surface area contributed by atoms with Gasteiger partial charge in [-0.1, -0.05) is 32.0 Å². The van der Waals surface area contributed by atoms with Gasteiger partial charge in [-0.15, -0.1) is 0 Å². The maximum absolute atomic E-state index is 12.9. The van der Waals surface area contributed by atoms with E-state index in [9.17, 15) is 9.59 Å². The van der Waals surface area contributed by atoms with Gasteiger partial charge < -0.3 is 14.8 Å². The van der Waals surface area contributed by atoms with Crippen LogP contribution in [0.3, 0.4) is 0 Å². The van der Waals surface area contributed by atoms with E-state index in [2.05, 4.69) is 10.3 Å². The number of aromatic nitrogens is 2. The molecule has 3 aromatic rings. The Balaban J connectivity index is 1.57. The van der Waals surface area contributed by atoms with Gasteiger partial charge >= 0.3 is 0 Å². The molecule has 7 heteroatoms. The van der Waals surface area contributed by atoms with E-state index in [1.165, 1.54) is 4.57 Å². The predicted octanol–water partition coefficient (Wildman–Crippen LogP) is 3.38. The minimum atomic E-state index is -0.243. The first-order valence-corrected chi connectivity index (χ1v) is 10.6. The minimum absolute atomic E-state index is 0.0870. The molecule has 2 aromatic carbocycles. The molecule has 0 bridgehead atoms. The number of para-hydroxylation sites is 1. The van der Waals surface area contributed by atoms with E-state index >= 15 is 0 Å². The molecule has 0 unspecified atom stereocenters. The highest BCUT2D eigenvalue weighted by Gasteiger charge is 2.22. The summed E-state index contributed by atoms with van der Waals surface area (Å²) in [5, 5.41) is 3.59. The lowest BCUT2D eigenvalue weighted by atomic mass is 9.95. The van der Waals surface area contributed by atoms with Crippen molar-refractivity contribution in [1.29, 1.82) is 0 Å². The van der Waals surface area contributed by atoms with Crippen LogP contribution < -0.4 is 20.3 Å². The van der Waals surface area contributed by atoms with Crippen LogP contribution in [0.2, 0.25) is 0 Å². The minimum Gasteiger partial charge on any atom is -0.490 e. The van der Waals surface area contributed by atoms with Crippen LogP contribution in [0.5, 0.6) is 11.5 Å². The highest BCUT2D eigenvalue weighted by atomic mass is 16.5. The lowest BCUT2D eigenvalue weighted by molar-refractivity contribution is -0.122. The van der Waals surface area contributed by atoms with Crippen LogP contribution in [0.4, 0.5) is 0 Å². The normalized spacial score (nSPS) is 14.3. The standard InChI is InChI=1S/C24H27N3O4/c1-15(2)23(17-9-10-20-21(13-17)31-12-6-11-30-20)26-22(28)14-27-16(3)25-19-8-5-4-7-18(19)24(27)29/h4-5,7-10,13,15,23H,6,11-12,14H2,1-3H3,(H,26,28)/t23-/m1/s1. The summed E-state index contributed by atoms with van der Waals surface area (Å²) in [6.07, 6.45) is 0.836. The van der Waals surface area contributed by atoms with Crippen LogP contribution in [0, 0.1) is 12.8 Å². The van der Waals surface area contributed by atoms with E-state index in [1.807, 2.05) is 38.1 Å². The molecule has 31 heavy (non-hydrogen) atoms. The van der Waals surface area contributed by atoms with Gasteiger partial charge in [-0.3, -0.25) is 14.2 Å². The van der Waals surface area contributed by atoms with Crippen molar-refractivity contribution in [3.05, 3.63) is 64.2 Å². The van der Waals surface area contributed by atoms with Crippen LogP contribution in [0.1, 0.15) is 37.7 Å². The Morgan fingerprint density at radius 3 is 2.65 bits per heavy atom. The monoisotopic (exact) mass is 421 g/mol. The maximum Gasteiger partial charge on any atom is 0.261 e. The molecule has 2 heterocycles. The van der Waals surface area contributed by atoms with E-state index in [4.69, 9.17) is 9.47 Å². The maximum atomic E-state index is 12.9. The second-order valence-electron chi connectivity index (χ2n) is 8.11. The number of fused-ring (bicyclic) bond motifs is 2. The smallest absolute Gasteiger partial charge is 0.261 e. The highest BCUT2D eigenvalue weighted by molar-refractivity contribution is 5.79. The molecule has 1 aromatic heterocycles. The van der Waals surface area contributed by atoms with E-state index in [1.54, 1.807) is 25.1 Å². The van der Waals surface area contributed by atoms with Crippen LogP contribution in [-0.4, -0.2) is 28.7 Å². The van der Waals surface area contributed by atoms with Crippen molar-refractivity contribution in [2.24, 2.45) is 5.92 Å². The fourth-order valence-electron chi connectivity index (χ4n) is 3.84. The summed E-state index contributed by atoms with van der Waals surface area (Å²) in [7, 11) is 0. The number of nitrogens with one attached hydrogen (secondary N) is 1. The number of aryl methyl sites for hydroxylation is 1. The number of hydrogen-bond donors (Lipinski definition) is 1. The zero-order chi connectivity index (χ0) is 22.0. The van der Waals surface area contributed by atoms with Crippen molar-refractivity contribution in [2.75, 3.05) is 13.2 Å². The molecule has 162 valence electrons. The van der Waals surface area contributed by atoms with Crippen LogP contribution >= 0.6 is 0 Å². The van der Waals surface area contributed by atoms with Crippen molar-refractivity contribution in [1.82, 2.24) is 14.9 Å². The van der Waals surface area contributed by atoms with Crippen LogP contribution in [-0.2, 0) is 11.3 Å². The molecular weight excluding hydrogens is 394 g/mol. The Bertz CT molecular complexity index is 1170. The molecule has 0 spiro atoms. The van der Waals surface area contributed by atoms with Crippen molar-refractivity contribution in [3.8, 4) is 11.5 Å². The topological polar surface area (TPSA) is 82.5 Å². The van der Waals surface area contributed by atoms with Gasteiger partial charge in [0.05, 0.1) is 30.2 Å². The highest BCUT2D eigenvalue weighted by Crippen LogP contribution is 2.34. The number of ether oxygens (including phenoxy) is 2. The molecule has 0 radical (unpaired) electrons. The summed E-state index contributed by atoms with van der Waals surface area (Å²) < 4.78 is 12.9. The van der Waals surface area contributed by atoms with E-state index in [0.29, 0.717) is 35.7 Å². The summed E-state index contributed by atoms with van der Waals surface area (Å²) in [6, 6.07) is 12.7. The van der Waals surface area contributed by atoms with Gasteiger partial charge in [-0.05, 0) is 42.7 Å². The first kappa shape index (κ1) is 20.9. The lowest BCUT2D eigenvalue weighted by Gasteiger charge is -2.24. The number of hydrogen-bond acceptors (Lipinski definition) is 5. The van der Waals surface area contributed by atoms with Crippen molar-refractivity contribution in [3.63, 3.8) is 0 Å². The molecule has 7 nitrogen and oxygen atoms in total. The van der Waals surface area contributed by atoms with Crippen molar-refractivity contribution >= 4 is 16.8 Å². The molecule has 4 rings (SSSR count). The number of carbonyl (C=O) groups excluding carboxylic acids is 1. The second kappa shape index (κ2) is 8.79. The molecule has 1 aliphatic heterocycles. The number of rotatable bonds is 5. The molecule has 0 saturated heterocycles. The average Bonchev–Trinajstić information content (AvgIpc) is 2.99. The summed E-state index contributed by atoms with van der Waals surface area (Å²) in [5.74, 6) is 1.82. The van der Waals surface area contributed by atoms with Gasteiger partial charge in [-0.2, -0.15) is 0 Å². The Morgan fingerprint density at radius 1 is 1.13 bits per heavy atom. The predicted molar refractivity (Wildman–Crippen MR) is 119 cm³/mol. The third kappa shape index (κ3) is 4.40. The third-order valence-corrected chi connectivity index (χ3v) is 5.47. The molecule has 0 fully saturated rings. The molecule has 0 aliphatic carbocycles. The molecule has 1 N–H and O–H groups in total. The zero-order valence-corrected chi connectivity index (χ0v) is 18.1. The Kier molecular flexibility index (Phi) is 5.93. The molecular formula is C24H27N3O4. The SMILES string of the molecule is Cc1nc2ccccc2c(=O)n1CC(=O)N[C@@H](c1ccc2c(c1)OCCCO2)C(C)C. The van der Waals surface area contributed by atoms with Crippen LogP contribution in [0.25, 0.3) is 10.9 Å². The first-order chi connectivity index (χ1) is 14.9.